The van der Waals surface area contributed by atoms with E-state index < -0.39 is 22.0 Å². The molecule has 0 aliphatic rings. The lowest BCUT2D eigenvalue weighted by atomic mass is 10.2. The van der Waals surface area contributed by atoms with Crippen LogP contribution >= 0.6 is 27.5 Å². The molecule has 2 aromatic rings. The highest BCUT2D eigenvalue weighted by Crippen LogP contribution is 2.22. The van der Waals surface area contributed by atoms with Gasteiger partial charge in [0.2, 0.25) is 0 Å². The molecule has 0 spiro atoms. The van der Waals surface area contributed by atoms with Gasteiger partial charge in [-0.05, 0) is 49.4 Å². The summed E-state index contributed by atoms with van der Waals surface area (Å²) in [5.74, 6) is -0.188. The van der Waals surface area contributed by atoms with Crippen LogP contribution < -0.4 is 14.8 Å². The number of halogens is 2. The van der Waals surface area contributed by atoms with Crippen molar-refractivity contribution in [3.8, 4) is 5.75 Å². The third-order valence-corrected chi connectivity index (χ3v) is 5.34. The Hall–Kier alpha value is -2.30. The summed E-state index contributed by atoms with van der Waals surface area (Å²) in [7, 11) is -4.15. The summed E-state index contributed by atoms with van der Waals surface area (Å²) in [5.41, 5.74) is 0.0549. The van der Waals surface area contributed by atoms with Crippen LogP contribution in [0.1, 0.15) is 17.3 Å². The lowest BCUT2D eigenvalue weighted by Crippen LogP contribution is -2.34. The number of amides is 2. The van der Waals surface area contributed by atoms with Gasteiger partial charge in [-0.15, -0.1) is 0 Å². The molecule has 29 heavy (non-hydrogen) atoms. The topological polar surface area (TPSA) is 111 Å². The van der Waals surface area contributed by atoms with Crippen molar-refractivity contribution in [3.05, 3.63) is 53.1 Å². The molecule has 2 N–H and O–H groups in total. The van der Waals surface area contributed by atoms with E-state index in [0.29, 0.717) is 17.7 Å². The van der Waals surface area contributed by atoms with Crippen molar-refractivity contribution in [1.29, 1.82) is 0 Å². The van der Waals surface area contributed by atoms with Crippen molar-refractivity contribution < 1.29 is 27.5 Å². The normalized spacial score (nSPS) is 10.9. The second kappa shape index (κ2) is 10.5. The maximum absolute atomic E-state index is 12.4. The smallest absolute Gasteiger partial charge is 0.340 e. The monoisotopic (exact) mass is 504 g/mol. The number of sulfonamides is 1. The number of ether oxygens (including phenoxy) is 2. The van der Waals surface area contributed by atoms with Crippen LogP contribution in [0.5, 0.6) is 5.75 Å². The van der Waals surface area contributed by atoms with Crippen molar-refractivity contribution in [2.45, 2.75) is 11.8 Å². The molecular formula is C18H18BrClN2O6S. The predicted octanol–water partition coefficient (Wildman–Crippen LogP) is 3.80. The molecule has 0 aromatic heterocycles. The largest absolute Gasteiger partial charge is 0.493 e. The Labute approximate surface area is 181 Å². The van der Waals surface area contributed by atoms with Crippen molar-refractivity contribution in [1.82, 2.24) is 4.72 Å². The van der Waals surface area contributed by atoms with E-state index in [2.05, 4.69) is 21.2 Å². The third-order valence-electron chi connectivity index (χ3n) is 3.43. The summed E-state index contributed by atoms with van der Waals surface area (Å²) in [6, 6.07) is 8.65. The molecule has 11 heteroatoms. The second-order valence-corrected chi connectivity index (χ2v) is 8.39. The van der Waals surface area contributed by atoms with E-state index >= 15 is 0 Å². The number of esters is 1. The number of hydrogen-bond donors (Lipinski definition) is 2. The van der Waals surface area contributed by atoms with Crippen LogP contribution in [-0.2, 0) is 14.8 Å². The summed E-state index contributed by atoms with van der Waals surface area (Å²) in [4.78, 5) is 24.1. The molecule has 8 nitrogen and oxygen atoms in total. The average molecular weight is 506 g/mol. The number of rotatable bonds is 8. The number of carbonyl (C=O) groups is 2. The number of carbonyl (C=O) groups excluding carboxylic acids is 2. The molecule has 0 unspecified atom stereocenters. The van der Waals surface area contributed by atoms with Gasteiger partial charge in [0.05, 0.1) is 29.4 Å². The molecule has 0 radical (unpaired) electrons. The number of nitrogens with one attached hydrogen (secondary N) is 2. The van der Waals surface area contributed by atoms with Crippen molar-refractivity contribution in [2.75, 3.05) is 23.9 Å². The van der Waals surface area contributed by atoms with E-state index in [1.54, 1.807) is 6.92 Å². The Morgan fingerprint density at radius 3 is 2.45 bits per heavy atom. The third kappa shape index (κ3) is 6.62. The fraction of sp³-hybridized carbons (Fsp3) is 0.222. The van der Waals surface area contributed by atoms with E-state index in [0.717, 1.165) is 0 Å². The fourth-order valence-corrected chi connectivity index (χ4v) is 3.45. The summed E-state index contributed by atoms with van der Waals surface area (Å²) in [6.07, 6.45) is 0. The molecule has 0 heterocycles. The van der Waals surface area contributed by atoms with E-state index in [-0.39, 0.29) is 27.8 Å². The lowest BCUT2D eigenvalue weighted by Gasteiger charge is -2.12. The molecule has 2 amide bonds. The van der Waals surface area contributed by atoms with Gasteiger partial charge < -0.3 is 14.8 Å². The van der Waals surface area contributed by atoms with Crippen molar-refractivity contribution in [2.24, 2.45) is 0 Å². The van der Waals surface area contributed by atoms with Crippen LogP contribution in [0.3, 0.4) is 0 Å². The SMILES string of the molecule is CCOC(=O)c1ccc(Cl)cc1NC(=O)NS(=O)(=O)c1ccc(OCCBr)cc1. The number of hydrogen-bond acceptors (Lipinski definition) is 6. The first kappa shape index (κ1) is 23.0. The van der Waals surface area contributed by atoms with Crippen LogP contribution in [0.4, 0.5) is 10.5 Å². The molecule has 0 fully saturated rings. The molecule has 0 bridgehead atoms. The Morgan fingerprint density at radius 2 is 1.83 bits per heavy atom. The number of alkyl halides is 1. The maximum atomic E-state index is 12.4. The van der Waals surface area contributed by atoms with E-state index in [4.69, 9.17) is 21.1 Å². The molecular weight excluding hydrogens is 488 g/mol. The summed E-state index contributed by atoms with van der Waals surface area (Å²) in [5, 5.41) is 3.19. The minimum absolute atomic E-state index is 0.0159. The predicted molar refractivity (Wildman–Crippen MR) is 112 cm³/mol. The second-order valence-electron chi connectivity index (χ2n) is 5.48. The zero-order valence-electron chi connectivity index (χ0n) is 15.3. The first-order chi connectivity index (χ1) is 13.8. The minimum atomic E-state index is -4.15. The number of anilines is 1. The van der Waals surface area contributed by atoms with Gasteiger partial charge in [0.1, 0.15) is 5.75 Å². The van der Waals surface area contributed by atoms with Crippen LogP contribution in [-0.4, -0.2) is 39.0 Å². The first-order valence-corrected chi connectivity index (χ1v) is 11.3. The van der Waals surface area contributed by atoms with Gasteiger partial charge in [0.25, 0.3) is 10.0 Å². The van der Waals surface area contributed by atoms with Crippen LogP contribution in [0, 0.1) is 0 Å². The molecule has 0 aliphatic carbocycles. The Morgan fingerprint density at radius 1 is 1.14 bits per heavy atom. The highest BCUT2D eigenvalue weighted by molar-refractivity contribution is 9.09. The Bertz CT molecular complexity index is 982. The minimum Gasteiger partial charge on any atom is -0.493 e. The van der Waals surface area contributed by atoms with Crippen LogP contribution in [0.15, 0.2) is 47.4 Å². The highest BCUT2D eigenvalue weighted by atomic mass is 79.9. The summed E-state index contributed by atoms with van der Waals surface area (Å²) < 4.78 is 37.0. The van der Waals surface area contributed by atoms with Crippen LogP contribution in [0.25, 0.3) is 0 Å². The van der Waals surface area contributed by atoms with E-state index in [9.17, 15) is 18.0 Å². The standard InChI is InChI=1S/C18H18BrClN2O6S/c1-2-27-17(23)15-8-3-12(20)11-16(15)21-18(24)22-29(25,26)14-6-4-13(5-7-14)28-10-9-19/h3-8,11H,2,9-10H2,1H3,(H2,21,22,24). The highest BCUT2D eigenvalue weighted by Gasteiger charge is 2.20. The number of urea groups is 1. The molecule has 156 valence electrons. The van der Waals surface area contributed by atoms with Crippen molar-refractivity contribution in [3.63, 3.8) is 0 Å². The van der Waals surface area contributed by atoms with Gasteiger partial charge in [-0.3, -0.25) is 0 Å². The fourth-order valence-electron chi connectivity index (χ4n) is 2.21. The van der Waals surface area contributed by atoms with Gasteiger partial charge in [0, 0.05) is 10.4 Å². The van der Waals surface area contributed by atoms with E-state index in [1.807, 2.05) is 4.72 Å². The first-order valence-electron chi connectivity index (χ1n) is 8.36. The summed E-state index contributed by atoms with van der Waals surface area (Å²) >= 11 is 9.13. The van der Waals surface area contributed by atoms with Gasteiger partial charge >= 0.3 is 12.0 Å². The summed E-state index contributed by atoms with van der Waals surface area (Å²) in [6.45, 7) is 2.20. The van der Waals surface area contributed by atoms with Gasteiger partial charge in [-0.25, -0.2) is 22.7 Å². The molecule has 0 saturated heterocycles. The Kier molecular flexibility index (Phi) is 8.30. The average Bonchev–Trinajstić information content (AvgIpc) is 2.66. The van der Waals surface area contributed by atoms with Crippen LogP contribution in [0.2, 0.25) is 5.02 Å². The maximum Gasteiger partial charge on any atom is 0.340 e. The quantitative estimate of drug-likeness (QED) is 0.417. The zero-order chi connectivity index (χ0) is 21.4. The number of benzene rings is 2. The molecule has 0 aliphatic heterocycles. The van der Waals surface area contributed by atoms with Gasteiger partial charge in [0.15, 0.2) is 0 Å². The lowest BCUT2D eigenvalue weighted by molar-refractivity contribution is 0.0527. The molecule has 0 saturated carbocycles. The molecule has 2 aromatic carbocycles. The zero-order valence-corrected chi connectivity index (χ0v) is 18.4. The van der Waals surface area contributed by atoms with Crippen molar-refractivity contribution >= 4 is 55.2 Å². The molecule has 2 rings (SSSR count). The van der Waals surface area contributed by atoms with Gasteiger partial charge in [-0.1, -0.05) is 27.5 Å². The Balaban J connectivity index is 2.14. The van der Waals surface area contributed by atoms with E-state index in [1.165, 1.54) is 42.5 Å². The van der Waals surface area contributed by atoms with Gasteiger partial charge in [-0.2, -0.15) is 0 Å². The molecule has 0 atom stereocenters.